The number of hydrogen-bond donors (Lipinski definition) is 1. The average Bonchev–Trinajstić information content (AvgIpc) is 3.20. The van der Waals surface area contributed by atoms with Crippen LogP contribution in [0.3, 0.4) is 0 Å². The molecule has 0 aliphatic carbocycles. The highest BCUT2D eigenvalue weighted by molar-refractivity contribution is 6.69. The van der Waals surface area contributed by atoms with Crippen LogP contribution >= 0.6 is 0 Å². The van der Waals surface area contributed by atoms with Gasteiger partial charge < -0.3 is 33.9 Å². The van der Waals surface area contributed by atoms with E-state index in [1.54, 1.807) is 30.6 Å². The molecule has 39 heavy (non-hydrogen) atoms. The second-order valence-corrected chi connectivity index (χ2v) is 17.7. The number of nitrogens with zero attached hydrogens (tertiary/aromatic N) is 3. The first kappa shape index (κ1) is 29.8. The first-order valence-electron chi connectivity index (χ1n) is 14.4. The quantitative estimate of drug-likeness (QED) is 0.506. The Morgan fingerprint density at radius 3 is 2.23 bits per heavy atom. The largest absolute Gasteiger partial charge is 0.444 e. The van der Waals surface area contributed by atoms with E-state index in [9.17, 15) is 19.2 Å². The maximum atomic E-state index is 13.9. The van der Waals surface area contributed by atoms with E-state index >= 15 is 0 Å². The maximum Gasteiger partial charge on any atom is 0.408 e. The molecule has 0 spiro atoms. The molecule has 4 atom stereocenters. The van der Waals surface area contributed by atoms with Crippen LogP contribution in [0.1, 0.15) is 52.9 Å². The minimum absolute atomic E-state index is 0.0476. The molecular formula is C27H46N4O7Si. The zero-order valence-electron chi connectivity index (χ0n) is 24.4. The molecule has 0 unspecified atom stereocenters. The van der Waals surface area contributed by atoms with Crippen molar-refractivity contribution in [2.24, 2.45) is 5.92 Å². The van der Waals surface area contributed by atoms with Gasteiger partial charge in [-0.05, 0) is 72.5 Å². The van der Waals surface area contributed by atoms with E-state index in [4.69, 9.17) is 13.9 Å². The Labute approximate surface area is 233 Å². The normalized spacial score (nSPS) is 28.8. The second kappa shape index (κ2) is 11.7. The highest BCUT2D eigenvalue weighted by atomic mass is 28.4. The number of hydrogen-bond acceptors (Lipinski definition) is 7. The number of carbonyl (C=O) groups excluding carboxylic acids is 4. The fraction of sp³-hybridized carbons (Fsp3) is 0.852. The zero-order chi connectivity index (χ0) is 28.5. The second-order valence-electron chi connectivity index (χ2n) is 13.2. The Kier molecular flexibility index (Phi) is 8.97. The van der Waals surface area contributed by atoms with Gasteiger partial charge in [0.15, 0.2) is 8.32 Å². The molecule has 4 amide bonds. The van der Waals surface area contributed by atoms with Gasteiger partial charge in [0.05, 0.1) is 19.1 Å². The molecule has 220 valence electrons. The van der Waals surface area contributed by atoms with E-state index in [0.29, 0.717) is 71.5 Å². The SMILES string of the molecule is CC(C)(C)OC(=O)N[C@H]1CC[C@@H](O[Si](C)(C)C)C[C@H]2CC[C@@H](C(=O)N3CC(C(=O)N4CCOCC4)C3)N2C1=O. The number of morpholine rings is 1. The summed E-state index contributed by atoms with van der Waals surface area (Å²) >= 11 is 0. The molecular weight excluding hydrogens is 520 g/mol. The van der Waals surface area contributed by atoms with Gasteiger partial charge in [-0.3, -0.25) is 14.4 Å². The molecule has 12 heteroatoms. The molecule has 0 saturated carbocycles. The molecule has 4 aliphatic heterocycles. The van der Waals surface area contributed by atoms with E-state index < -0.39 is 32.1 Å². The lowest BCUT2D eigenvalue weighted by atomic mass is 9.96. The van der Waals surface area contributed by atoms with Crippen molar-refractivity contribution in [1.82, 2.24) is 20.0 Å². The first-order chi connectivity index (χ1) is 18.2. The predicted molar refractivity (Wildman–Crippen MR) is 146 cm³/mol. The maximum absolute atomic E-state index is 13.9. The topological polar surface area (TPSA) is 118 Å². The van der Waals surface area contributed by atoms with Crippen molar-refractivity contribution >= 4 is 32.1 Å². The lowest BCUT2D eigenvalue weighted by Gasteiger charge is -2.44. The molecule has 4 saturated heterocycles. The molecule has 0 aromatic carbocycles. The highest BCUT2D eigenvalue weighted by Crippen LogP contribution is 2.35. The fourth-order valence-electron chi connectivity index (χ4n) is 6.03. The van der Waals surface area contributed by atoms with Crippen molar-refractivity contribution in [1.29, 1.82) is 0 Å². The Morgan fingerprint density at radius 2 is 1.62 bits per heavy atom. The van der Waals surface area contributed by atoms with Crippen LogP contribution in [0.5, 0.6) is 0 Å². The zero-order valence-corrected chi connectivity index (χ0v) is 25.4. The summed E-state index contributed by atoms with van der Waals surface area (Å²) < 4.78 is 17.3. The van der Waals surface area contributed by atoms with E-state index in [0.717, 1.165) is 0 Å². The van der Waals surface area contributed by atoms with Crippen LogP contribution in [0.2, 0.25) is 19.6 Å². The number of nitrogens with one attached hydrogen (secondary N) is 1. The van der Waals surface area contributed by atoms with Crippen molar-refractivity contribution in [2.75, 3.05) is 39.4 Å². The van der Waals surface area contributed by atoms with E-state index in [2.05, 4.69) is 25.0 Å². The van der Waals surface area contributed by atoms with Crippen molar-refractivity contribution in [2.45, 2.75) is 102 Å². The van der Waals surface area contributed by atoms with Crippen LogP contribution in [-0.4, -0.2) is 116 Å². The molecule has 4 aliphatic rings. The van der Waals surface area contributed by atoms with Crippen molar-refractivity contribution in [3.63, 3.8) is 0 Å². The third-order valence-electron chi connectivity index (χ3n) is 7.73. The Balaban J connectivity index is 1.46. The Bertz CT molecular complexity index is 937. The first-order valence-corrected chi connectivity index (χ1v) is 17.8. The minimum Gasteiger partial charge on any atom is -0.444 e. The number of ether oxygens (including phenoxy) is 2. The Hall–Kier alpha value is -2.18. The van der Waals surface area contributed by atoms with Gasteiger partial charge in [0, 0.05) is 38.3 Å². The van der Waals surface area contributed by atoms with Gasteiger partial charge in [0.1, 0.15) is 17.7 Å². The third-order valence-corrected chi connectivity index (χ3v) is 8.77. The summed E-state index contributed by atoms with van der Waals surface area (Å²) in [5, 5.41) is 2.78. The predicted octanol–water partition coefficient (Wildman–Crippen LogP) is 1.96. The van der Waals surface area contributed by atoms with Gasteiger partial charge in [-0.1, -0.05) is 0 Å². The Morgan fingerprint density at radius 1 is 0.949 bits per heavy atom. The number of alkyl carbamates (subject to hydrolysis) is 1. The summed E-state index contributed by atoms with van der Waals surface area (Å²) in [7, 11) is -1.85. The molecule has 11 nitrogen and oxygen atoms in total. The fourth-order valence-corrected chi connectivity index (χ4v) is 7.24. The van der Waals surface area contributed by atoms with Crippen LogP contribution in [0.4, 0.5) is 4.79 Å². The molecule has 0 aromatic heterocycles. The summed E-state index contributed by atoms with van der Waals surface area (Å²) in [5.74, 6) is -0.490. The number of rotatable bonds is 5. The van der Waals surface area contributed by atoms with Crippen molar-refractivity contribution < 1.29 is 33.1 Å². The molecule has 1 N–H and O–H groups in total. The van der Waals surface area contributed by atoms with Crippen LogP contribution in [0.15, 0.2) is 0 Å². The minimum atomic E-state index is -1.85. The summed E-state index contributed by atoms with van der Waals surface area (Å²) in [5.41, 5.74) is -0.695. The molecule has 0 radical (unpaired) electrons. The number of amides is 4. The van der Waals surface area contributed by atoms with E-state index in [-0.39, 0.29) is 35.8 Å². The summed E-state index contributed by atoms with van der Waals surface area (Å²) in [6.45, 7) is 14.8. The van der Waals surface area contributed by atoms with Gasteiger partial charge in [-0.2, -0.15) is 0 Å². The number of carbonyl (C=O) groups is 4. The van der Waals surface area contributed by atoms with Crippen LogP contribution in [0.25, 0.3) is 0 Å². The van der Waals surface area contributed by atoms with Crippen molar-refractivity contribution in [3.8, 4) is 0 Å². The standard InChI is InChI=1S/C27H46N4O7Si/c1-27(2,3)37-26(35)28-21-9-8-20(38-39(4,5)6)15-19-7-10-22(31(19)24(21)33)25(34)30-16-18(17-30)23(32)29-11-13-36-14-12-29/h18-22H,7-17H2,1-6H3,(H,28,35)/t19-,20-,21+,22+/m1/s1. The average molecular weight is 567 g/mol. The summed E-state index contributed by atoms with van der Waals surface area (Å²) in [4.78, 5) is 58.2. The van der Waals surface area contributed by atoms with Gasteiger partial charge in [0.25, 0.3) is 0 Å². The number of fused-ring (bicyclic) bond motifs is 1. The van der Waals surface area contributed by atoms with E-state index in [1.165, 1.54) is 0 Å². The smallest absolute Gasteiger partial charge is 0.408 e. The molecule has 0 aromatic rings. The highest BCUT2D eigenvalue weighted by Gasteiger charge is 2.49. The summed E-state index contributed by atoms with van der Waals surface area (Å²) in [6.07, 6.45) is 2.32. The lowest BCUT2D eigenvalue weighted by Crippen LogP contribution is -2.63. The molecule has 4 rings (SSSR count). The monoisotopic (exact) mass is 566 g/mol. The van der Waals surface area contributed by atoms with E-state index in [1.807, 2.05) is 4.90 Å². The van der Waals surface area contributed by atoms with Crippen LogP contribution < -0.4 is 5.32 Å². The summed E-state index contributed by atoms with van der Waals surface area (Å²) in [6, 6.07) is -1.53. The van der Waals surface area contributed by atoms with Crippen LogP contribution in [-0.2, 0) is 28.3 Å². The van der Waals surface area contributed by atoms with Gasteiger partial charge in [0.2, 0.25) is 17.7 Å². The third kappa shape index (κ3) is 7.52. The van der Waals surface area contributed by atoms with Gasteiger partial charge in [-0.15, -0.1) is 0 Å². The van der Waals surface area contributed by atoms with Gasteiger partial charge in [-0.25, -0.2) is 4.79 Å². The molecule has 4 fully saturated rings. The van der Waals surface area contributed by atoms with Gasteiger partial charge >= 0.3 is 6.09 Å². The van der Waals surface area contributed by atoms with Crippen LogP contribution in [0, 0.1) is 5.92 Å². The molecule has 4 heterocycles. The number of likely N-dealkylation sites (tertiary alicyclic amines) is 1. The lowest BCUT2D eigenvalue weighted by molar-refractivity contribution is -0.157. The van der Waals surface area contributed by atoms with Crippen molar-refractivity contribution in [3.05, 3.63) is 0 Å². The molecule has 0 bridgehead atoms.